The van der Waals surface area contributed by atoms with Gasteiger partial charge < -0.3 is 9.42 Å². The van der Waals surface area contributed by atoms with Crippen LogP contribution < -0.4 is 0 Å². The number of aryl methyl sites for hydroxylation is 2. The Labute approximate surface area is 135 Å². The lowest BCUT2D eigenvalue weighted by atomic mass is 10.1. The normalized spacial score (nSPS) is 18.7. The SMILES string of the molecule is Cc1cncc(CCC(=O)N2CCCCCC2c2ncon2)c1. The number of aromatic nitrogens is 3. The van der Waals surface area contributed by atoms with Gasteiger partial charge in [-0.25, -0.2) is 0 Å². The van der Waals surface area contributed by atoms with Crippen molar-refractivity contribution in [3.8, 4) is 0 Å². The van der Waals surface area contributed by atoms with Crippen LogP contribution in [-0.4, -0.2) is 32.5 Å². The number of hydrogen-bond donors (Lipinski definition) is 0. The Bertz CT molecular complexity index is 642. The summed E-state index contributed by atoms with van der Waals surface area (Å²) in [6.07, 6.45) is 10.4. The molecule has 1 amide bonds. The highest BCUT2D eigenvalue weighted by atomic mass is 16.5. The highest BCUT2D eigenvalue weighted by Crippen LogP contribution is 2.28. The molecular weight excluding hydrogens is 292 g/mol. The van der Waals surface area contributed by atoms with E-state index in [0.717, 1.165) is 43.4 Å². The molecule has 0 radical (unpaired) electrons. The molecule has 3 heterocycles. The zero-order valence-corrected chi connectivity index (χ0v) is 13.4. The van der Waals surface area contributed by atoms with Gasteiger partial charge in [-0.3, -0.25) is 9.78 Å². The van der Waals surface area contributed by atoms with Gasteiger partial charge in [-0.1, -0.05) is 24.1 Å². The Hall–Kier alpha value is -2.24. The molecule has 0 N–H and O–H groups in total. The van der Waals surface area contributed by atoms with E-state index in [2.05, 4.69) is 21.2 Å². The van der Waals surface area contributed by atoms with E-state index in [1.165, 1.54) is 6.39 Å². The molecular formula is C17H22N4O2. The fourth-order valence-electron chi connectivity index (χ4n) is 3.15. The van der Waals surface area contributed by atoms with Crippen LogP contribution >= 0.6 is 0 Å². The largest absolute Gasteiger partial charge is 0.343 e. The molecule has 0 aromatic carbocycles. The minimum Gasteiger partial charge on any atom is -0.343 e. The van der Waals surface area contributed by atoms with Gasteiger partial charge in [-0.2, -0.15) is 4.98 Å². The van der Waals surface area contributed by atoms with Crippen molar-refractivity contribution in [2.24, 2.45) is 0 Å². The highest BCUT2D eigenvalue weighted by molar-refractivity contribution is 5.77. The Morgan fingerprint density at radius 2 is 2.26 bits per heavy atom. The minimum absolute atomic E-state index is 0.0561. The third-order valence-corrected chi connectivity index (χ3v) is 4.31. The molecule has 2 aromatic rings. The van der Waals surface area contributed by atoms with Gasteiger partial charge in [0.05, 0.1) is 6.04 Å². The second-order valence-electron chi connectivity index (χ2n) is 6.11. The van der Waals surface area contributed by atoms with E-state index in [1.54, 1.807) is 0 Å². The molecule has 1 saturated heterocycles. The van der Waals surface area contributed by atoms with E-state index in [1.807, 2.05) is 24.2 Å². The molecule has 2 aromatic heterocycles. The van der Waals surface area contributed by atoms with Crippen molar-refractivity contribution < 1.29 is 9.32 Å². The van der Waals surface area contributed by atoms with Crippen LogP contribution in [-0.2, 0) is 11.2 Å². The number of rotatable bonds is 4. The van der Waals surface area contributed by atoms with Crippen molar-refractivity contribution in [3.63, 3.8) is 0 Å². The second-order valence-corrected chi connectivity index (χ2v) is 6.11. The number of hydrogen-bond acceptors (Lipinski definition) is 5. The number of likely N-dealkylation sites (tertiary alicyclic amines) is 1. The van der Waals surface area contributed by atoms with Gasteiger partial charge in [0.15, 0.2) is 5.82 Å². The Balaban J connectivity index is 1.68. The molecule has 1 fully saturated rings. The predicted octanol–water partition coefficient (Wildman–Crippen LogP) is 2.85. The molecule has 23 heavy (non-hydrogen) atoms. The highest BCUT2D eigenvalue weighted by Gasteiger charge is 2.29. The number of pyridine rings is 1. The zero-order chi connectivity index (χ0) is 16.1. The van der Waals surface area contributed by atoms with Gasteiger partial charge in [0.25, 0.3) is 0 Å². The molecule has 6 heteroatoms. The van der Waals surface area contributed by atoms with Crippen LogP contribution in [0.25, 0.3) is 0 Å². The molecule has 0 bridgehead atoms. The van der Waals surface area contributed by atoms with Gasteiger partial charge in [0.1, 0.15) is 0 Å². The number of nitrogens with zero attached hydrogens (tertiary/aromatic N) is 4. The summed E-state index contributed by atoms with van der Waals surface area (Å²) in [5.41, 5.74) is 2.22. The van der Waals surface area contributed by atoms with Crippen LogP contribution in [0.3, 0.4) is 0 Å². The lowest BCUT2D eigenvalue weighted by Gasteiger charge is -2.28. The predicted molar refractivity (Wildman–Crippen MR) is 84.5 cm³/mol. The van der Waals surface area contributed by atoms with Gasteiger partial charge in [-0.15, -0.1) is 0 Å². The molecule has 1 unspecified atom stereocenters. The summed E-state index contributed by atoms with van der Waals surface area (Å²) in [4.78, 5) is 23.0. The van der Waals surface area contributed by atoms with Crippen molar-refractivity contribution in [1.29, 1.82) is 0 Å². The summed E-state index contributed by atoms with van der Waals surface area (Å²) in [5.74, 6) is 0.778. The van der Waals surface area contributed by atoms with Gasteiger partial charge in [-0.05, 0) is 37.3 Å². The first kappa shape index (κ1) is 15.6. The maximum Gasteiger partial charge on any atom is 0.223 e. The molecule has 1 atom stereocenters. The fourth-order valence-corrected chi connectivity index (χ4v) is 3.15. The van der Waals surface area contributed by atoms with E-state index >= 15 is 0 Å². The summed E-state index contributed by atoms with van der Waals surface area (Å²) < 4.78 is 4.87. The van der Waals surface area contributed by atoms with Gasteiger partial charge >= 0.3 is 0 Å². The summed E-state index contributed by atoms with van der Waals surface area (Å²) in [6.45, 7) is 2.78. The lowest BCUT2D eigenvalue weighted by molar-refractivity contribution is -0.133. The smallest absolute Gasteiger partial charge is 0.223 e. The van der Waals surface area contributed by atoms with E-state index in [4.69, 9.17) is 4.52 Å². The first-order valence-electron chi connectivity index (χ1n) is 8.20. The van der Waals surface area contributed by atoms with E-state index in [-0.39, 0.29) is 11.9 Å². The second kappa shape index (κ2) is 7.35. The molecule has 122 valence electrons. The van der Waals surface area contributed by atoms with Crippen molar-refractivity contribution in [1.82, 2.24) is 20.0 Å². The van der Waals surface area contributed by atoms with E-state index in [0.29, 0.717) is 18.7 Å². The number of amides is 1. The minimum atomic E-state index is -0.0561. The van der Waals surface area contributed by atoms with E-state index in [9.17, 15) is 4.79 Å². The van der Waals surface area contributed by atoms with Gasteiger partial charge in [0.2, 0.25) is 12.3 Å². The van der Waals surface area contributed by atoms with Crippen LogP contribution in [0.4, 0.5) is 0 Å². The van der Waals surface area contributed by atoms with Crippen LogP contribution in [0, 0.1) is 6.92 Å². The van der Waals surface area contributed by atoms with Crippen LogP contribution in [0.2, 0.25) is 0 Å². The monoisotopic (exact) mass is 314 g/mol. The Morgan fingerprint density at radius 3 is 3.04 bits per heavy atom. The summed E-state index contributed by atoms with van der Waals surface area (Å²) in [7, 11) is 0. The lowest BCUT2D eigenvalue weighted by Crippen LogP contribution is -2.35. The standard InChI is InChI=1S/C17H22N4O2/c1-13-9-14(11-18-10-13)6-7-16(22)21-8-4-2-3-5-15(21)17-19-12-23-20-17/h9-12,15H,2-8H2,1H3. The first-order valence-corrected chi connectivity index (χ1v) is 8.20. The van der Waals surface area contributed by atoms with Crippen molar-refractivity contribution in [2.45, 2.75) is 51.5 Å². The Morgan fingerprint density at radius 1 is 1.35 bits per heavy atom. The van der Waals surface area contributed by atoms with Crippen LogP contribution in [0.15, 0.2) is 29.4 Å². The maximum absolute atomic E-state index is 12.7. The average Bonchev–Trinajstić information content (AvgIpc) is 2.97. The average molecular weight is 314 g/mol. The van der Waals surface area contributed by atoms with Crippen molar-refractivity contribution in [2.75, 3.05) is 6.54 Å². The van der Waals surface area contributed by atoms with Crippen molar-refractivity contribution >= 4 is 5.91 Å². The summed E-state index contributed by atoms with van der Waals surface area (Å²) >= 11 is 0. The Kier molecular flexibility index (Phi) is 5.00. The quantitative estimate of drug-likeness (QED) is 0.867. The molecule has 0 saturated carbocycles. The van der Waals surface area contributed by atoms with Crippen molar-refractivity contribution in [3.05, 3.63) is 41.8 Å². The number of carbonyl (C=O) groups is 1. The first-order chi connectivity index (χ1) is 11.2. The van der Waals surface area contributed by atoms with Crippen LogP contribution in [0.5, 0.6) is 0 Å². The molecule has 1 aliphatic rings. The molecule has 0 spiro atoms. The molecule has 1 aliphatic heterocycles. The molecule has 3 rings (SSSR count). The number of carbonyl (C=O) groups excluding carboxylic acids is 1. The third kappa shape index (κ3) is 3.94. The zero-order valence-electron chi connectivity index (χ0n) is 13.4. The third-order valence-electron chi connectivity index (χ3n) is 4.31. The topological polar surface area (TPSA) is 72.1 Å². The summed E-state index contributed by atoms with van der Waals surface area (Å²) in [6, 6.07) is 2.03. The maximum atomic E-state index is 12.7. The fraction of sp³-hybridized carbons (Fsp3) is 0.529. The van der Waals surface area contributed by atoms with Crippen LogP contribution in [0.1, 0.15) is 55.1 Å². The van der Waals surface area contributed by atoms with E-state index < -0.39 is 0 Å². The van der Waals surface area contributed by atoms with Gasteiger partial charge in [0, 0.05) is 25.4 Å². The summed E-state index contributed by atoms with van der Waals surface area (Å²) in [5, 5.41) is 3.95. The molecule has 6 nitrogen and oxygen atoms in total. The molecule has 0 aliphatic carbocycles.